The van der Waals surface area contributed by atoms with Crippen LogP contribution in [0, 0.1) is 0 Å². The maximum atomic E-state index is 5.73. The molecule has 0 radical (unpaired) electrons. The number of alkyl halides is 1. The van der Waals surface area contributed by atoms with E-state index < -0.39 is 0 Å². The molecule has 0 aliphatic heterocycles. The van der Waals surface area contributed by atoms with Crippen molar-refractivity contribution in [3.63, 3.8) is 0 Å². The molecule has 0 heterocycles. The van der Waals surface area contributed by atoms with E-state index in [2.05, 4.69) is 12.1 Å². The van der Waals surface area contributed by atoms with Gasteiger partial charge in [0, 0.05) is 5.88 Å². The van der Waals surface area contributed by atoms with Gasteiger partial charge < -0.3 is 9.47 Å². The third-order valence-corrected chi connectivity index (χ3v) is 3.39. The minimum absolute atomic E-state index is 0.583. The monoisotopic (exact) mass is 304 g/mol. The summed E-state index contributed by atoms with van der Waals surface area (Å²) >= 11 is 5.63. The molecule has 0 fully saturated rings. The molecule has 0 aliphatic carbocycles. The average Bonchev–Trinajstić information content (AvgIpc) is 2.55. The molecule has 2 aromatic rings. The average molecular weight is 305 g/mol. The lowest BCUT2D eigenvalue weighted by atomic mass is 10.2. The molecular formula is C18H21ClO2. The number of ether oxygens (including phenoxy) is 2. The number of benzene rings is 2. The molecule has 112 valence electrons. The molecule has 0 atom stereocenters. The minimum atomic E-state index is 0.583. The fraction of sp³-hybridized carbons (Fsp3) is 0.333. The molecule has 21 heavy (non-hydrogen) atoms. The Balaban J connectivity index is 1.71. The Morgan fingerprint density at radius 3 is 2.05 bits per heavy atom. The molecule has 0 bridgehead atoms. The van der Waals surface area contributed by atoms with Crippen molar-refractivity contribution in [3.8, 4) is 11.5 Å². The molecule has 0 aromatic heterocycles. The fourth-order valence-electron chi connectivity index (χ4n) is 1.94. The first kappa shape index (κ1) is 15.7. The molecule has 0 saturated carbocycles. The first-order chi connectivity index (χ1) is 10.4. The van der Waals surface area contributed by atoms with Gasteiger partial charge in [0.15, 0.2) is 0 Å². The highest BCUT2D eigenvalue weighted by molar-refractivity contribution is 6.17. The molecular weight excluding hydrogens is 284 g/mol. The lowest BCUT2D eigenvalue weighted by molar-refractivity contribution is 0.297. The molecule has 0 aliphatic rings. The summed E-state index contributed by atoms with van der Waals surface area (Å²) in [6.45, 7) is 1.32. The second-order valence-corrected chi connectivity index (χ2v) is 5.22. The van der Waals surface area contributed by atoms with Crippen molar-refractivity contribution < 1.29 is 9.47 Å². The number of halogens is 1. The smallest absolute Gasteiger partial charge is 0.120 e. The van der Waals surface area contributed by atoms with Crippen molar-refractivity contribution in [2.24, 2.45) is 0 Å². The molecule has 0 unspecified atom stereocenters. The van der Waals surface area contributed by atoms with Gasteiger partial charge in [-0.1, -0.05) is 30.3 Å². The predicted octanol–water partition coefficient (Wildman–Crippen LogP) is 5.05. The Kier molecular flexibility index (Phi) is 6.96. The van der Waals surface area contributed by atoms with E-state index in [0.29, 0.717) is 6.61 Å². The second kappa shape index (κ2) is 9.30. The van der Waals surface area contributed by atoms with E-state index in [1.54, 1.807) is 0 Å². The van der Waals surface area contributed by atoms with Gasteiger partial charge in [-0.05, 0) is 49.1 Å². The lowest BCUT2D eigenvalue weighted by Gasteiger charge is -2.08. The molecule has 0 N–H and O–H groups in total. The Hall–Kier alpha value is -1.67. The van der Waals surface area contributed by atoms with Crippen LogP contribution in [0.25, 0.3) is 0 Å². The molecule has 2 nitrogen and oxygen atoms in total. The zero-order valence-electron chi connectivity index (χ0n) is 12.1. The van der Waals surface area contributed by atoms with E-state index >= 15 is 0 Å². The summed E-state index contributed by atoms with van der Waals surface area (Å²) in [5.41, 5.74) is 1.16. The zero-order valence-corrected chi connectivity index (χ0v) is 12.9. The predicted molar refractivity (Wildman–Crippen MR) is 87.3 cm³/mol. The highest BCUT2D eigenvalue weighted by Gasteiger charge is 1.98. The van der Waals surface area contributed by atoms with Crippen molar-refractivity contribution in [3.05, 3.63) is 60.2 Å². The van der Waals surface area contributed by atoms with Gasteiger partial charge in [0.05, 0.1) is 6.61 Å². The van der Waals surface area contributed by atoms with E-state index in [4.69, 9.17) is 21.1 Å². The van der Waals surface area contributed by atoms with Crippen LogP contribution in [0.5, 0.6) is 11.5 Å². The molecule has 2 rings (SSSR count). The number of unbranched alkanes of at least 4 members (excludes halogenated alkanes) is 2. The van der Waals surface area contributed by atoms with Crippen LogP contribution >= 0.6 is 11.6 Å². The highest BCUT2D eigenvalue weighted by atomic mass is 35.5. The Morgan fingerprint density at radius 1 is 0.714 bits per heavy atom. The van der Waals surface area contributed by atoms with Crippen molar-refractivity contribution in [2.75, 3.05) is 12.5 Å². The van der Waals surface area contributed by atoms with Crippen LogP contribution in [0.15, 0.2) is 54.6 Å². The van der Waals surface area contributed by atoms with Crippen LogP contribution in [0.4, 0.5) is 0 Å². The van der Waals surface area contributed by atoms with Crippen molar-refractivity contribution in [1.82, 2.24) is 0 Å². The van der Waals surface area contributed by atoms with Crippen molar-refractivity contribution in [1.29, 1.82) is 0 Å². The Bertz CT molecular complexity index is 496. The van der Waals surface area contributed by atoms with Crippen molar-refractivity contribution in [2.45, 2.75) is 25.9 Å². The maximum absolute atomic E-state index is 5.73. The van der Waals surface area contributed by atoms with Gasteiger partial charge in [0.25, 0.3) is 0 Å². The Labute approximate surface area is 131 Å². The second-order valence-electron chi connectivity index (χ2n) is 4.84. The van der Waals surface area contributed by atoms with E-state index in [1.807, 2.05) is 42.5 Å². The quantitative estimate of drug-likeness (QED) is 0.476. The van der Waals surface area contributed by atoms with Gasteiger partial charge >= 0.3 is 0 Å². The van der Waals surface area contributed by atoms with Crippen LogP contribution in [0.2, 0.25) is 0 Å². The van der Waals surface area contributed by atoms with E-state index in [-0.39, 0.29) is 0 Å². The largest absolute Gasteiger partial charge is 0.494 e. The fourth-order valence-corrected chi connectivity index (χ4v) is 2.13. The minimum Gasteiger partial charge on any atom is -0.494 e. The summed E-state index contributed by atoms with van der Waals surface area (Å²) in [6, 6.07) is 17.9. The number of hydrogen-bond donors (Lipinski definition) is 0. The van der Waals surface area contributed by atoms with E-state index in [1.165, 1.54) is 0 Å². The SMILES string of the molecule is ClCCCCCOc1ccc(OCc2ccccc2)cc1. The van der Waals surface area contributed by atoms with E-state index in [0.717, 1.165) is 48.8 Å². The van der Waals surface area contributed by atoms with Gasteiger partial charge in [-0.3, -0.25) is 0 Å². The summed E-state index contributed by atoms with van der Waals surface area (Å²) in [4.78, 5) is 0. The van der Waals surface area contributed by atoms with Gasteiger partial charge in [0.1, 0.15) is 18.1 Å². The highest BCUT2D eigenvalue weighted by Crippen LogP contribution is 2.19. The summed E-state index contributed by atoms with van der Waals surface area (Å²) in [5, 5.41) is 0. The topological polar surface area (TPSA) is 18.5 Å². The first-order valence-electron chi connectivity index (χ1n) is 7.34. The number of hydrogen-bond acceptors (Lipinski definition) is 2. The molecule has 3 heteroatoms. The van der Waals surface area contributed by atoms with Crippen LogP contribution in [0.1, 0.15) is 24.8 Å². The summed E-state index contributed by atoms with van der Waals surface area (Å²) in [7, 11) is 0. The van der Waals surface area contributed by atoms with E-state index in [9.17, 15) is 0 Å². The molecule has 0 saturated heterocycles. The Morgan fingerprint density at radius 2 is 1.38 bits per heavy atom. The third kappa shape index (κ3) is 6.09. The van der Waals surface area contributed by atoms with Crippen LogP contribution in [0.3, 0.4) is 0 Å². The zero-order chi connectivity index (χ0) is 14.8. The van der Waals surface area contributed by atoms with Gasteiger partial charge in [-0.15, -0.1) is 11.6 Å². The molecule has 0 spiro atoms. The molecule has 2 aromatic carbocycles. The number of rotatable bonds is 9. The van der Waals surface area contributed by atoms with Crippen LogP contribution < -0.4 is 9.47 Å². The van der Waals surface area contributed by atoms with Crippen LogP contribution in [-0.2, 0) is 6.61 Å². The van der Waals surface area contributed by atoms with Gasteiger partial charge in [0.2, 0.25) is 0 Å². The van der Waals surface area contributed by atoms with Gasteiger partial charge in [-0.25, -0.2) is 0 Å². The standard InChI is InChI=1S/C18H21ClO2/c19-13-5-2-6-14-20-17-9-11-18(12-10-17)21-15-16-7-3-1-4-8-16/h1,3-4,7-12H,2,5-6,13-15H2. The normalized spacial score (nSPS) is 10.3. The first-order valence-corrected chi connectivity index (χ1v) is 7.87. The summed E-state index contributed by atoms with van der Waals surface area (Å²) in [6.07, 6.45) is 3.21. The lowest BCUT2D eigenvalue weighted by Crippen LogP contribution is -1.98. The third-order valence-electron chi connectivity index (χ3n) is 3.12. The summed E-state index contributed by atoms with van der Waals surface area (Å²) in [5.74, 6) is 2.47. The van der Waals surface area contributed by atoms with Crippen molar-refractivity contribution >= 4 is 11.6 Å². The van der Waals surface area contributed by atoms with Gasteiger partial charge in [-0.2, -0.15) is 0 Å². The maximum Gasteiger partial charge on any atom is 0.120 e. The van der Waals surface area contributed by atoms with Crippen LogP contribution in [-0.4, -0.2) is 12.5 Å². The molecule has 0 amide bonds. The summed E-state index contributed by atoms with van der Waals surface area (Å²) < 4.78 is 11.4.